The summed E-state index contributed by atoms with van der Waals surface area (Å²) in [5.41, 5.74) is -1.54. The smallest absolute Gasteiger partial charge is 0.394 e. The van der Waals surface area contributed by atoms with E-state index in [4.69, 9.17) is 41.1 Å². The average molecular weight is 537 g/mol. The van der Waals surface area contributed by atoms with Crippen molar-refractivity contribution in [2.24, 2.45) is 0 Å². The van der Waals surface area contributed by atoms with Gasteiger partial charge >= 0.3 is 17.4 Å². The summed E-state index contributed by atoms with van der Waals surface area (Å²) in [5, 5.41) is -0.435. The van der Waals surface area contributed by atoms with Gasteiger partial charge in [-0.3, -0.25) is 0 Å². The molecule has 0 aromatic heterocycles. The number of hydrogen-bond acceptors (Lipinski definition) is 9. The minimum Gasteiger partial charge on any atom is -0.394 e. The van der Waals surface area contributed by atoms with Crippen molar-refractivity contribution in [2.75, 3.05) is 60.0 Å². The van der Waals surface area contributed by atoms with E-state index in [1.165, 1.54) is 0 Å². The zero-order valence-corrected chi connectivity index (χ0v) is 24.9. The van der Waals surface area contributed by atoms with Crippen molar-refractivity contribution < 1.29 is 41.1 Å². The third kappa shape index (κ3) is 4.62. The van der Waals surface area contributed by atoms with Crippen LogP contribution in [0.5, 0.6) is 0 Å². The summed E-state index contributed by atoms with van der Waals surface area (Å²) in [6, 6.07) is 0.750. The minimum atomic E-state index is -3.49. The minimum absolute atomic E-state index is 0.435. The molecular formula is C24H48O9Si2. The zero-order valence-electron chi connectivity index (χ0n) is 22.9. The van der Waals surface area contributed by atoms with Gasteiger partial charge in [0.2, 0.25) is 5.79 Å². The highest BCUT2D eigenvalue weighted by molar-refractivity contribution is 6.86. The summed E-state index contributed by atoms with van der Waals surface area (Å²) in [4.78, 5) is 0. The van der Waals surface area contributed by atoms with E-state index in [0.29, 0.717) is 59.3 Å². The van der Waals surface area contributed by atoms with Gasteiger partial charge in [-0.25, -0.2) is 0 Å². The molecule has 3 saturated heterocycles. The number of methoxy groups -OCH3 is 1. The number of hydrogen-bond donors (Lipinski definition) is 0. The molecule has 0 aliphatic carbocycles. The van der Waals surface area contributed by atoms with Crippen LogP contribution >= 0.6 is 0 Å². The molecule has 4 unspecified atom stereocenters. The van der Waals surface area contributed by atoms with E-state index in [1.54, 1.807) is 7.11 Å². The molecule has 0 amide bonds. The molecule has 4 atom stereocenters. The van der Waals surface area contributed by atoms with E-state index in [-0.39, 0.29) is 0 Å². The fraction of sp³-hybridized carbons (Fsp3) is 1.00. The molecule has 0 bridgehead atoms. The molecule has 0 saturated carbocycles. The van der Waals surface area contributed by atoms with Gasteiger partial charge in [0.05, 0.1) is 19.8 Å². The molecule has 3 aliphatic heterocycles. The molecule has 3 aliphatic rings. The molecule has 35 heavy (non-hydrogen) atoms. The van der Waals surface area contributed by atoms with E-state index in [0.717, 1.165) is 25.3 Å². The van der Waals surface area contributed by atoms with Gasteiger partial charge in [-0.15, -0.1) is 0 Å². The first-order valence-corrected chi connectivity index (χ1v) is 17.5. The maximum Gasteiger partial charge on any atom is 0.509 e. The fourth-order valence-electron chi connectivity index (χ4n) is 6.61. The topological polar surface area (TPSA) is 83.1 Å². The van der Waals surface area contributed by atoms with Crippen molar-refractivity contribution in [2.45, 2.75) is 95.4 Å². The molecule has 0 N–H and O–H groups in total. The first kappa shape index (κ1) is 29.6. The quantitative estimate of drug-likeness (QED) is 0.257. The van der Waals surface area contributed by atoms with Gasteiger partial charge in [-0.1, -0.05) is 13.3 Å². The first-order chi connectivity index (χ1) is 16.9. The average Bonchev–Trinajstić information content (AvgIpc) is 3.18. The molecular weight excluding hydrogens is 488 g/mol. The van der Waals surface area contributed by atoms with Crippen molar-refractivity contribution >= 4 is 17.4 Å². The zero-order chi connectivity index (χ0) is 25.6. The van der Waals surface area contributed by atoms with Crippen LogP contribution in [0.2, 0.25) is 11.2 Å². The van der Waals surface area contributed by atoms with Gasteiger partial charge in [0.1, 0.15) is 16.4 Å². The highest BCUT2D eigenvalue weighted by Gasteiger charge is 2.83. The van der Waals surface area contributed by atoms with Crippen molar-refractivity contribution in [1.82, 2.24) is 0 Å². The van der Waals surface area contributed by atoms with Crippen LogP contribution in [-0.2, 0) is 41.1 Å². The van der Waals surface area contributed by atoms with E-state index < -0.39 is 39.5 Å². The summed E-state index contributed by atoms with van der Waals surface area (Å²) >= 11 is 0. The molecule has 3 heterocycles. The maximum absolute atomic E-state index is 6.75. The second kappa shape index (κ2) is 12.3. The Hall–Kier alpha value is 0.0738. The Labute approximate surface area is 214 Å². The van der Waals surface area contributed by atoms with Crippen LogP contribution in [-0.4, -0.2) is 94.3 Å². The molecule has 0 radical (unpaired) electrons. The largest absolute Gasteiger partial charge is 0.509 e. The Morgan fingerprint density at radius 3 is 1.49 bits per heavy atom. The third-order valence-electron chi connectivity index (χ3n) is 7.64. The van der Waals surface area contributed by atoms with E-state index in [9.17, 15) is 0 Å². The molecule has 3 fully saturated rings. The predicted octanol–water partition coefficient (Wildman–Crippen LogP) is 3.95. The lowest BCUT2D eigenvalue weighted by atomic mass is 9.72. The molecule has 1 spiro atoms. The van der Waals surface area contributed by atoms with E-state index in [1.807, 2.05) is 34.6 Å². The lowest BCUT2D eigenvalue weighted by Crippen LogP contribution is -2.82. The molecule has 0 aromatic carbocycles. The van der Waals surface area contributed by atoms with Gasteiger partial charge in [-0.2, -0.15) is 0 Å². The SMILES string of the molecule is CCC[Si](OCC)(OCC)C(C1(C2(OC)OCCC23CCO3)CCO1)[Si](OCC)(OCC)OCC. The van der Waals surface area contributed by atoms with Crippen LogP contribution in [0, 0.1) is 0 Å². The van der Waals surface area contributed by atoms with Crippen LogP contribution < -0.4 is 0 Å². The van der Waals surface area contributed by atoms with Gasteiger partial charge < -0.3 is 41.1 Å². The molecule has 3 rings (SSSR count). The monoisotopic (exact) mass is 536 g/mol. The van der Waals surface area contributed by atoms with Crippen LogP contribution in [0.3, 0.4) is 0 Å². The number of rotatable bonds is 17. The Balaban J connectivity index is 2.33. The van der Waals surface area contributed by atoms with Crippen LogP contribution in [0.15, 0.2) is 0 Å². The Bertz CT molecular complexity index is 599. The van der Waals surface area contributed by atoms with Gasteiger partial charge in [0.25, 0.3) is 0 Å². The van der Waals surface area contributed by atoms with Crippen LogP contribution in [0.1, 0.15) is 67.2 Å². The Morgan fingerprint density at radius 1 is 0.686 bits per heavy atom. The summed E-state index contributed by atoms with van der Waals surface area (Å²) < 4.78 is 59.3. The van der Waals surface area contributed by atoms with Gasteiger partial charge in [-0.05, 0) is 40.7 Å². The summed E-state index contributed by atoms with van der Waals surface area (Å²) in [5.74, 6) is -1.13. The van der Waals surface area contributed by atoms with Crippen molar-refractivity contribution in [1.29, 1.82) is 0 Å². The summed E-state index contributed by atoms with van der Waals surface area (Å²) in [6.07, 6.45) is 3.17. The van der Waals surface area contributed by atoms with E-state index in [2.05, 4.69) is 6.92 Å². The lowest BCUT2D eigenvalue weighted by Gasteiger charge is -2.65. The normalized spacial score (nSPS) is 32.0. The first-order valence-electron chi connectivity index (χ1n) is 13.6. The molecule has 11 heteroatoms. The van der Waals surface area contributed by atoms with Crippen LogP contribution in [0.4, 0.5) is 0 Å². The number of ether oxygens (including phenoxy) is 4. The Kier molecular flexibility index (Phi) is 10.4. The summed E-state index contributed by atoms with van der Waals surface area (Å²) in [7, 11) is -4.90. The summed E-state index contributed by atoms with van der Waals surface area (Å²) in [6.45, 7) is 16.2. The second-order valence-corrected chi connectivity index (χ2v) is 15.8. The lowest BCUT2D eigenvalue weighted by molar-refractivity contribution is -0.411. The van der Waals surface area contributed by atoms with Gasteiger partial charge in [0.15, 0.2) is 0 Å². The molecule has 9 nitrogen and oxygen atoms in total. The van der Waals surface area contributed by atoms with Crippen molar-refractivity contribution in [3.05, 3.63) is 0 Å². The predicted molar refractivity (Wildman–Crippen MR) is 135 cm³/mol. The Morgan fingerprint density at radius 2 is 1.14 bits per heavy atom. The third-order valence-corrected chi connectivity index (χ3v) is 17.4. The van der Waals surface area contributed by atoms with E-state index >= 15 is 0 Å². The standard InChI is InChI=1S/C24H48O9Si2/c1-8-20-34(29-9-2,30-10-3)21(35(31-11-4,32-12-5)33-13-6)23(16-19-27-23)24(25-7)22(14-17-26-22)15-18-28-24/h21H,8-20H2,1-7H3. The van der Waals surface area contributed by atoms with Crippen LogP contribution in [0.25, 0.3) is 0 Å². The van der Waals surface area contributed by atoms with Crippen molar-refractivity contribution in [3.8, 4) is 0 Å². The maximum atomic E-state index is 6.75. The van der Waals surface area contributed by atoms with Crippen molar-refractivity contribution in [3.63, 3.8) is 0 Å². The molecule has 206 valence electrons. The highest BCUT2D eigenvalue weighted by Crippen LogP contribution is 2.64. The fourth-order valence-corrected chi connectivity index (χ4v) is 17.2. The van der Waals surface area contributed by atoms with Gasteiger partial charge in [0, 0.05) is 59.4 Å². The second-order valence-electron chi connectivity index (χ2n) is 9.26. The molecule has 0 aromatic rings. The highest BCUT2D eigenvalue weighted by atomic mass is 28.4.